The van der Waals surface area contributed by atoms with Crippen molar-refractivity contribution in [1.82, 2.24) is 4.37 Å². The molecule has 1 heterocycles. The molecular formula is C21H23NS. The number of aryl methyl sites for hydroxylation is 2. The third kappa shape index (κ3) is 3.09. The third-order valence-electron chi connectivity index (χ3n) is 4.48. The van der Waals surface area contributed by atoms with Crippen molar-refractivity contribution in [2.45, 2.75) is 40.0 Å². The predicted molar refractivity (Wildman–Crippen MR) is 101 cm³/mol. The highest BCUT2D eigenvalue weighted by Crippen LogP contribution is 2.35. The van der Waals surface area contributed by atoms with Crippen molar-refractivity contribution >= 4 is 11.5 Å². The fourth-order valence-corrected chi connectivity index (χ4v) is 4.00. The number of aromatic nitrogens is 1. The molecule has 0 radical (unpaired) electrons. The fraction of sp³-hybridized carbons (Fsp3) is 0.286. The van der Waals surface area contributed by atoms with Crippen molar-refractivity contribution in [3.63, 3.8) is 0 Å². The smallest absolute Gasteiger partial charge is 0.0919 e. The lowest BCUT2D eigenvalue weighted by atomic mass is 9.91. The Bertz CT molecular complexity index is 762. The molecule has 23 heavy (non-hydrogen) atoms. The molecule has 118 valence electrons. The van der Waals surface area contributed by atoms with Gasteiger partial charge in [0.05, 0.1) is 5.69 Å². The summed E-state index contributed by atoms with van der Waals surface area (Å²) < 4.78 is 4.71. The van der Waals surface area contributed by atoms with E-state index in [2.05, 4.69) is 68.6 Å². The average molecular weight is 321 g/mol. The molecule has 3 aromatic rings. The molecule has 0 amide bonds. The van der Waals surface area contributed by atoms with Crippen LogP contribution in [-0.2, 0) is 19.3 Å². The van der Waals surface area contributed by atoms with Crippen LogP contribution in [-0.4, -0.2) is 4.37 Å². The largest absolute Gasteiger partial charge is 0.192 e. The summed E-state index contributed by atoms with van der Waals surface area (Å²) in [5, 5.41) is 2.16. The van der Waals surface area contributed by atoms with Gasteiger partial charge in [0.25, 0.3) is 0 Å². The topological polar surface area (TPSA) is 12.9 Å². The molecule has 0 aliphatic rings. The monoisotopic (exact) mass is 321 g/mol. The molecule has 0 aliphatic heterocycles. The SMILES string of the molecule is CCc1cc(-c2nscc2-c2ccccc2)cc(CC)c1CC. The first-order valence-electron chi connectivity index (χ1n) is 8.43. The third-order valence-corrected chi connectivity index (χ3v) is 5.11. The zero-order chi connectivity index (χ0) is 16.2. The lowest BCUT2D eigenvalue weighted by molar-refractivity contribution is 0.982. The number of hydrogen-bond acceptors (Lipinski definition) is 2. The second-order valence-corrected chi connectivity index (χ2v) is 6.41. The van der Waals surface area contributed by atoms with Gasteiger partial charge in [0.2, 0.25) is 0 Å². The first-order valence-corrected chi connectivity index (χ1v) is 9.26. The van der Waals surface area contributed by atoms with Crippen LogP contribution in [0.5, 0.6) is 0 Å². The number of rotatable bonds is 5. The molecule has 1 nitrogen and oxygen atoms in total. The van der Waals surface area contributed by atoms with E-state index in [0.717, 1.165) is 25.0 Å². The molecule has 0 unspecified atom stereocenters. The predicted octanol–water partition coefficient (Wildman–Crippen LogP) is 6.16. The van der Waals surface area contributed by atoms with Gasteiger partial charge in [-0.2, -0.15) is 4.37 Å². The second kappa shape index (κ2) is 7.10. The summed E-state index contributed by atoms with van der Waals surface area (Å²) in [5.74, 6) is 0. The molecule has 0 bridgehead atoms. The lowest BCUT2D eigenvalue weighted by Crippen LogP contribution is -1.99. The van der Waals surface area contributed by atoms with Gasteiger partial charge in [-0.25, -0.2) is 0 Å². The van der Waals surface area contributed by atoms with Crippen molar-refractivity contribution in [3.05, 3.63) is 64.5 Å². The molecule has 1 aromatic heterocycles. The standard InChI is InChI=1S/C21H23NS/c1-4-15-12-18(13-16(5-2)19(15)6-3)21-20(14-23-22-21)17-10-8-7-9-11-17/h7-14H,4-6H2,1-3H3. The zero-order valence-electron chi connectivity index (χ0n) is 14.1. The minimum atomic E-state index is 1.08. The maximum atomic E-state index is 4.71. The summed E-state index contributed by atoms with van der Waals surface area (Å²) in [6, 6.07) is 15.3. The van der Waals surface area contributed by atoms with Crippen molar-refractivity contribution in [2.24, 2.45) is 0 Å². The Morgan fingerprint density at radius 3 is 2.04 bits per heavy atom. The molecule has 0 saturated heterocycles. The van der Waals surface area contributed by atoms with Gasteiger partial charge in [-0.05, 0) is 65.2 Å². The van der Waals surface area contributed by atoms with Crippen molar-refractivity contribution in [2.75, 3.05) is 0 Å². The molecule has 0 saturated carbocycles. The highest BCUT2D eigenvalue weighted by Gasteiger charge is 2.14. The van der Waals surface area contributed by atoms with Crippen LogP contribution in [0.3, 0.4) is 0 Å². The Kier molecular flexibility index (Phi) is 4.92. The van der Waals surface area contributed by atoms with Crippen LogP contribution in [0.2, 0.25) is 0 Å². The Morgan fingerprint density at radius 1 is 0.826 bits per heavy atom. The van der Waals surface area contributed by atoms with Crippen LogP contribution in [0.1, 0.15) is 37.5 Å². The van der Waals surface area contributed by atoms with Crippen LogP contribution in [0.25, 0.3) is 22.4 Å². The minimum absolute atomic E-state index is 1.08. The Balaban J connectivity index is 2.15. The van der Waals surface area contributed by atoms with E-state index < -0.39 is 0 Å². The van der Waals surface area contributed by atoms with E-state index in [9.17, 15) is 0 Å². The quantitative estimate of drug-likeness (QED) is 0.548. The van der Waals surface area contributed by atoms with Crippen molar-refractivity contribution in [3.8, 4) is 22.4 Å². The molecule has 0 aliphatic carbocycles. The molecule has 2 aromatic carbocycles. The van der Waals surface area contributed by atoms with E-state index in [4.69, 9.17) is 4.37 Å². The maximum Gasteiger partial charge on any atom is 0.0919 e. The lowest BCUT2D eigenvalue weighted by Gasteiger charge is -2.14. The summed E-state index contributed by atoms with van der Waals surface area (Å²) in [7, 11) is 0. The van der Waals surface area contributed by atoms with Crippen LogP contribution < -0.4 is 0 Å². The minimum Gasteiger partial charge on any atom is -0.192 e. The molecule has 0 spiro atoms. The zero-order valence-corrected chi connectivity index (χ0v) is 14.9. The van der Waals surface area contributed by atoms with E-state index in [1.807, 2.05) is 0 Å². The van der Waals surface area contributed by atoms with E-state index in [1.54, 1.807) is 11.5 Å². The molecule has 0 atom stereocenters. The first kappa shape index (κ1) is 15.9. The average Bonchev–Trinajstić information content (AvgIpc) is 3.10. The fourth-order valence-electron chi connectivity index (χ4n) is 3.29. The van der Waals surface area contributed by atoms with E-state index >= 15 is 0 Å². The second-order valence-electron chi connectivity index (χ2n) is 5.78. The van der Waals surface area contributed by atoms with Crippen LogP contribution in [0.4, 0.5) is 0 Å². The Labute approximate surface area is 143 Å². The number of benzene rings is 2. The van der Waals surface area contributed by atoms with E-state index in [-0.39, 0.29) is 0 Å². The summed E-state index contributed by atoms with van der Waals surface area (Å²) in [6.07, 6.45) is 3.26. The van der Waals surface area contributed by atoms with Crippen molar-refractivity contribution in [1.29, 1.82) is 0 Å². The van der Waals surface area contributed by atoms with Gasteiger partial charge < -0.3 is 0 Å². The van der Waals surface area contributed by atoms with Gasteiger partial charge in [0, 0.05) is 16.5 Å². The van der Waals surface area contributed by atoms with E-state index in [1.165, 1.54) is 33.4 Å². The summed E-state index contributed by atoms with van der Waals surface area (Å²) in [4.78, 5) is 0. The van der Waals surface area contributed by atoms with Gasteiger partial charge in [0.1, 0.15) is 0 Å². The van der Waals surface area contributed by atoms with Crippen LogP contribution in [0, 0.1) is 0 Å². The van der Waals surface area contributed by atoms with Gasteiger partial charge in [0.15, 0.2) is 0 Å². The van der Waals surface area contributed by atoms with Gasteiger partial charge in [-0.15, -0.1) is 0 Å². The molecule has 0 N–H and O–H groups in total. The van der Waals surface area contributed by atoms with Crippen molar-refractivity contribution < 1.29 is 0 Å². The number of nitrogens with zero attached hydrogens (tertiary/aromatic N) is 1. The highest BCUT2D eigenvalue weighted by atomic mass is 32.1. The van der Waals surface area contributed by atoms with E-state index in [0.29, 0.717) is 0 Å². The van der Waals surface area contributed by atoms with Gasteiger partial charge >= 0.3 is 0 Å². The Hall–Kier alpha value is -1.93. The molecule has 2 heteroatoms. The van der Waals surface area contributed by atoms with Crippen LogP contribution >= 0.6 is 11.5 Å². The van der Waals surface area contributed by atoms with Gasteiger partial charge in [-0.1, -0.05) is 51.1 Å². The summed E-state index contributed by atoms with van der Waals surface area (Å²) in [5.41, 5.74) is 9.32. The first-order chi connectivity index (χ1) is 11.3. The van der Waals surface area contributed by atoms with Crippen LogP contribution in [0.15, 0.2) is 47.8 Å². The summed E-state index contributed by atoms with van der Waals surface area (Å²) >= 11 is 1.54. The molecule has 3 rings (SSSR count). The molecular weight excluding hydrogens is 298 g/mol. The highest BCUT2D eigenvalue weighted by molar-refractivity contribution is 7.04. The number of hydrogen-bond donors (Lipinski definition) is 0. The maximum absolute atomic E-state index is 4.71. The normalized spacial score (nSPS) is 10.9. The summed E-state index contributed by atoms with van der Waals surface area (Å²) in [6.45, 7) is 6.75. The Morgan fingerprint density at radius 2 is 1.48 bits per heavy atom. The molecule has 0 fully saturated rings. The van der Waals surface area contributed by atoms with Gasteiger partial charge in [-0.3, -0.25) is 0 Å².